The van der Waals surface area contributed by atoms with Gasteiger partial charge in [0.1, 0.15) is 0 Å². The fourth-order valence-electron chi connectivity index (χ4n) is 2.55. The molecule has 1 aliphatic rings. The number of amides is 1. The molecule has 1 aliphatic heterocycles. The Bertz CT molecular complexity index is 761. The number of alkyl halides is 3. The minimum atomic E-state index is -4.42. The Morgan fingerprint density at radius 2 is 1.85 bits per heavy atom. The largest absolute Gasteiger partial charge is 0.417 e. The monoisotopic (exact) mass is 397 g/mol. The topological polar surface area (TPSA) is 54.5 Å². The van der Waals surface area contributed by atoms with E-state index in [1.54, 1.807) is 0 Å². The van der Waals surface area contributed by atoms with Crippen molar-refractivity contribution in [3.63, 3.8) is 0 Å². The third kappa shape index (κ3) is 5.61. The van der Waals surface area contributed by atoms with Crippen LogP contribution in [0, 0.1) is 0 Å². The molecule has 2 heterocycles. The van der Waals surface area contributed by atoms with E-state index in [0.29, 0.717) is 23.9 Å². The maximum atomic E-state index is 12.5. The number of ether oxygens (including phenoxy) is 1. The van der Waals surface area contributed by atoms with Gasteiger partial charge < -0.3 is 15.0 Å². The van der Waals surface area contributed by atoms with Crippen molar-refractivity contribution >= 4 is 29.0 Å². The van der Waals surface area contributed by atoms with Crippen LogP contribution in [0.15, 0.2) is 47.6 Å². The Kier molecular flexibility index (Phi) is 6.22. The summed E-state index contributed by atoms with van der Waals surface area (Å²) in [6.45, 7) is 3.08. The molecule has 1 saturated heterocycles. The molecule has 9 heteroatoms. The highest BCUT2D eigenvalue weighted by atomic mass is 32.2. The van der Waals surface area contributed by atoms with Crippen LogP contribution in [0.4, 0.5) is 24.5 Å². The van der Waals surface area contributed by atoms with Gasteiger partial charge in [-0.05, 0) is 36.4 Å². The van der Waals surface area contributed by atoms with Crippen LogP contribution in [-0.4, -0.2) is 42.9 Å². The van der Waals surface area contributed by atoms with Gasteiger partial charge in [0.05, 0.1) is 29.6 Å². The normalized spacial score (nSPS) is 14.9. The predicted molar refractivity (Wildman–Crippen MR) is 98.1 cm³/mol. The average Bonchev–Trinajstić information content (AvgIpc) is 2.67. The lowest BCUT2D eigenvalue weighted by molar-refractivity contribution is -0.137. The molecule has 5 nitrogen and oxygen atoms in total. The molecule has 1 aromatic carbocycles. The molecule has 1 fully saturated rings. The highest BCUT2D eigenvalue weighted by Crippen LogP contribution is 2.29. The van der Waals surface area contributed by atoms with E-state index in [1.165, 1.54) is 6.07 Å². The number of rotatable bonds is 5. The number of carbonyl (C=O) groups excluding carboxylic acids is 1. The zero-order valence-corrected chi connectivity index (χ0v) is 15.1. The average molecular weight is 397 g/mol. The number of carbonyl (C=O) groups is 1. The van der Waals surface area contributed by atoms with Crippen molar-refractivity contribution in [2.24, 2.45) is 0 Å². The van der Waals surface area contributed by atoms with Crippen LogP contribution in [0.2, 0.25) is 0 Å². The van der Waals surface area contributed by atoms with E-state index in [4.69, 9.17) is 4.74 Å². The standard InChI is InChI=1S/C18H18F3N3O2S/c19-18(20,21)13-1-6-17(22-11-13)27-12-16(25)23-14-2-4-15(5-3-14)24-7-9-26-10-8-24/h1-6,11H,7-10,12H2,(H,23,25). The minimum absolute atomic E-state index is 0.0591. The second kappa shape index (κ2) is 8.62. The summed E-state index contributed by atoms with van der Waals surface area (Å²) in [5, 5.41) is 3.13. The van der Waals surface area contributed by atoms with Crippen LogP contribution >= 0.6 is 11.8 Å². The lowest BCUT2D eigenvalue weighted by Crippen LogP contribution is -2.36. The van der Waals surface area contributed by atoms with E-state index in [2.05, 4.69) is 15.2 Å². The molecular formula is C18H18F3N3O2S. The first-order valence-electron chi connectivity index (χ1n) is 8.30. The zero-order chi connectivity index (χ0) is 19.3. The van der Waals surface area contributed by atoms with E-state index in [0.717, 1.165) is 42.8 Å². The number of aromatic nitrogens is 1. The molecule has 0 aliphatic carbocycles. The van der Waals surface area contributed by atoms with Crippen molar-refractivity contribution in [2.45, 2.75) is 11.2 Å². The lowest BCUT2D eigenvalue weighted by atomic mass is 10.2. The molecule has 1 amide bonds. The van der Waals surface area contributed by atoms with Gasteiger partial charge in [-0.1, -0.05) is 11.8 Å². The summed E-state index contributed by atoms with van der Waals surface area (Å²) >= 11 is 1.08. The molecule has 1 N–H and O–H groups in total. The number of morpholine rings is 1. The van der Waals surface area contributed by atoms with E-state index in [1.807, 2.05) is 24.3 Å². The SMILES string of the molecule is O=C(CSc1ccc(C(F)(F)F)cn1)Nc1ccc(N2CCOCC2)cc1. The second-order valence-electron chi connectivity index (χ2n) is 5.87. The quantitative estimate of drug-likeness (QED) is 0.781. The van der Waals surface area contributed by atoms with Crippen molar-refractivity contribution in [3.8, 4) is 0 Å². The number of nitrogens with one attached hydrogen (secondary N) is 1. The first kappa shape index (κ1) is 19.5. The molecule has 0 spiro atoms. The van der Waals surface area contributed by atoms with Crippen LogP contribution < -0.4 is 10.2 Å². The molecular weight excluding hydrogens is 379 g/mol. The summed E-state index contributed by atoms with van der Waals surface area (Å²) < 4.78 is 42.8. The summed E-state index contributed by atoms with van der Waals surface area (Å²) in [6.07, 6.45) is -3.65. The lowest BCUT2D eigenvalue weighted by Gasteiger charge is -2.28. The van der Waals surface area contributed by atoms with Gasteiger partial charge in [-0.15, -0.1) is 0 Å². The number of benzene rings is 1. The van der Waals surface area contributed by atoms with Gasteiger partial charge in [-0.3, -0.25) is 4.79 Å². The summed E-state index contributed by atoms with van der Waals surface area (Å²) in [5.74, 6) is -0.190. The van der Waals surface area contributed by atoms with Gasteiger partial charge in [0.15, 0.2) is 0 Å². The maximum Gasteiger partial charge on any atom is 0.417 e. The van der Waals surface area contributed by atoms with Crippen molar-refractivity contribution in [1.29, 1.82) is 0 Å². The first-order chi connectivity index (χ1) is 12.9. The Labute approximate surface area is 158 Å². The number of halogens is 3. The second-order valence-corrected chi connectivity index (χ2v) is 6.86. The Hall–Kier alpha value is -2.26. The highest BCUT2D eigenvalue weighted by molar-refractivity contribution is 7.99. The Balaban J connectivity index is 1.49. The summed E-state index contributed by atoms with van der Waals surface area (Å²) in [5.41, 5.74) is 0.925. The van der Waals surface area contributed by atoms with Crippen LogP contribution in [0.1, 0.15) is 5.56 Å². The van der Waals surface area contributed by atoms with Crippen LogP contribution in [-0.2, 0) is 15.7 Å². The van der Waals surface area contributed by atoms with Gasteiger partial charge in [0.2, 0.25) is 5.91 Å². The number of pyridine rings is 1. The van der Waals surface area contributed by atoms with Crippen molar-refractivity contribution in [2.75, 3.05) is 42.3 Å². The molecule has 0 atom stereocenters. The molecule has 3 rings (SSSR count). The van der Waals surface area contributed by atoms with Crippen molar-refractivity contribution < 1.29 is 22.7 Å². The third-order valence-electron chi connectivity index (χ3n) is 3.94. The van der Waals surface area contributed by atoms with Crippen molar-refractivity contribution in [1.82, 2.24) is 4.98 Å². The first-order valence-corrected chi connectivity index (χ1v) is 9.29. The Morgan fingerprint density at radius 3 is 2.44 bits per heavy atom. The molecule has 0 unspecified atom stereocenters. The Morgan fingerprint density at radius 1 is 1.15 bits per heavy atom. The fourth-order valence-corrected chi connectivity index (χ4v) is 3.19. The summed E-state index contributed by atoms with van der Waals surface area (Å²) in [6, 6.07) is 9.74. The third-order valence-corrected chi connectivity index (χ3v) is 4.89. The summed E-state index contributed by atoms with van der Waals surface area (Å²) in [4.78, 5) is 18.0. The van der Waals surface area contributed by atoms with Gasteiger partial charge in [0, 0.05) is 30.7 Å². The van der Waals surface area contributed by atoms with Gasteiger partial charge in [-0.25, -0.2) is 4.98 Å². The summed E-state index contributed by atoms with van der Waals surface area (Å²) in [7, 11) is 0. The number of hydrogen-bond acceptors (Lipinski definition) is 5. The molecule has 0 saturated carbocycles. The number of nitrogens with zero attached hydrogens (tertiary/aromatic N) is 2. The predicted octanol–water partition coefficient (Wildman–Crippen LogP) is 3.67. The van der Waals surface area contributed by atoms with Crippen LogP contribution in [0.5, 0.6) is 0 Å². The highest BCUT2D eigenvalue weighted by Gasteiger charge is 2.30. The smallest absolute Gasteiger partial charge is 0.378 e. The van der Waals surface area contributed by atoms with Gasteiger partial charge >= 0.3 is 6.18 Å². The van der Waals surface area contributed by atoms with Crippen LogP contribution in [0.3, 0.4) is 0 Å². The molecule has 1 aromatic heterocycles. The molecule has 144 valence electrons. The molecule has 2 aromatic rings. The van der Waals surface area contributed by atoms with Crippen LogP contribution in [0.25, 0.3) is 0 Å². The maximum absolute atomic E-state index is 12.5. The minimum Gasteiger partial charge on any atom is -0.378 e. The zero-order valence-electron chi connectivity index (χ0n) is 14.3. The molecule has 0 radical (unpaired) electrons. The van der Waals surface area contributed by atoms with E-state index >= 15 is 0 Å². The van der Waals surface area contributed by atoms with E-state index in [-0.39, 0.29) is 11.7 Å². The van der Waals surface area contributed by atoms with Gasteiger partial charge in [-0.2, -0.15) is 13.2 Å². The van der Waals surface area contributed by atoms with E-state index in [9.17, 15) is 18.0 Å². The number of thioether (sulfide) groups is 1. The number of anilines is 2. The fraction of sp³-hybridized carbons (Fsp3) is 0.333. The molecule has 27 heavy (non-hydrogen) atoms. The van der Waals surface area contributed by atoms with Crippen molar-refractivity contribution in [3.05, 3.63) is 48.2 Å². The van der Waals surface area contributed by atoms with Gasteiger partial charge in [0.25, 0.3) is 0 Å². The number of hydrogen-bond donors (Lipinski definition) is 1. The molecule has 0 bridgehead atoms. The van der Waals surface area contributed by atoms with E-state index < -0.39 is 11.7 Å².